The Bertz CT molecular complexity index is 104. The molecule has 0 amide bonds. The van der Waals surface area contributed by atoms with Gasteiger partial charge in [0.15, 0.2) is 0 Å². The van der Waals surface area contributed by atoms with Crippen molar-refractivity contribution in [1.82, 2.24) is 5.32 Å². The van der Waals surface area contributed by atoms with Crippen molar-refractivity contribution in [3.05, 3.63) is 24.4 Å². The van der Waals surface area contributed by atoms with E-state index in [0.717, 1.165) is 5.57 Å². The highest BCUT2D eigenvalue weighted by molar-refractivity contribution is 5.79. The third kappa shape index (κ3) is 2.18. The van der Waals surface area contributed by atoms with Crippen molar-refractivity contribution >= 4 is 6.21 Å². The Morgan fingerprint density at radius 1 is 1.75 bits per heavy atom. The molecule has 2 heteroatoms. The number of hydrogen-bond acceptors (Lipinski definition) is 2. The molecule has 0 bridgehead atoms. The van der Waals surface area contributed by atoms with E-state index in [1.807, 2.05) is 0 Å². The molecular formula is C6H10N2. The van der Waals surface area contributed by atoms with Crippen LogP contribution in [0.2, 0.25) is 0 Å². The van der Waals surface area contributed by atoms with Crippen LogP contribution in [0.3, 0.4) is 0 Å². The lowest BCUT2D eigenvalue weighted by Crippen LogP contribution is -1.94. The molecule has 2 nitrogen and oxygen atoms in total. The molecular weight excluding hydrogens is 100 g/mol. The van der Waals surface area contributed by atoms with Gasteiger partial charge in [-0.2, -0.15) is 0 Å². The summed E-state index contributed by atoms with van der Waals surface area (Å²) in [4.78, 5) is 0. The highest BCUT2D eigenvalue weighted by Gasteiger charge is 1.77. The van der Waals surface area contributed by atoms with Crippen molar-refractivity contribution in [3.63, 3.8) is 0 Å². The molecule has 8 heavy (non-hydrogen) atoms. The van der Waals surface area contributed by atoms with Crippen molar-refractivity contribution in [1.29, 1.82) is 5.41 Å². The molecule has 0 aromatic heterocycles. The maximum Gasteiger partial charge on any atom is 0.0264 e. The SMILES string of the molecule is C=C/C(C=N)=C/NC. The minimum Gasteiger partial charge on any atom is -0.393 e. The molecule has 0 fully saturated rings. The Morgan fingerprint density at radius 2 is 2.38 bits per heavy atom. The van der Waals surface area contributed by atoms with Crippen LogP contribution in [0, 0.1) is 5.41 Å². The van der Waals surface area contributed by atoms with E-state index in [0.29, 0.717) is 0 Å². The highest BCUT2D eigenvalue weighted by Crippen LogP contribution is 1.84. The van der Waals surface area contributed by atoms with Gasteiger partial charge in [-0.3, -0.25) is 0 Å². The molecule has 0 spiro atoms. The normalized spacial score (nSPS) is 10.4. The van der Waals surface area contributed by atoms with Crippen LogP contribution in [0.1, 0.15) is 0 Å². The molecule has 2 N–H and O–H groups in total. The first-order valence-electron chi connectivity index (χ1n) is 2.35. The summed E-state index contributed by atoms with van der Waals surface area (Å²) in [7, 11) is 1.78. The predicted octanol–water partition coefficient (Wildman–Crippen LogP) is 0.925. The zero-order valence-corrected chi connectivity index (χ0v) is 4.94. The highest BCUT2D eigenvalue weighted by atomic mass is 14.8. The summed E-state index contributed by atoms with van der Waals surface area (Å²) in [6.07, 6.45) is 4.56. The third-order valence-corrected chi connectivity index (χ3v) is 0.713. The molecule has 0 saturated heterocycles. The van der Waals surface area contributed by atoms with Crippen molar-refractivity contribution in [3.8, 4) is 0 Å². The van der Waals surface area contributed by atoms with Gasteiger partial charge < -0.3 is 10.7 Å². The average molecular weight is 110 g/mol. The maximum atomic E-state index is 6.76. The van der Waals surface area contributed by atoms with Crippen LogP contribution in [0.5, 0.6) is 0 Å². The van der Waals surface area contributed by atoms with Crippen LogP contribution in [0.25, 0.3) is 0 Å². The second-order valence-electron chi connectivity index (χ2n) is 1.28. The zero-order valence-electron chi connectivity index (χ0n) is 4.94. The van der Waals surface area contributed by atoms with Crippen LogP contribution in [-0.2, 0) is 0 Å². The third-order valence-electron chi connectivity index (χ3n) is 0.713. The summed E-state index contributed by atoms with van der Waals surface area (Å²) in [5, 5.41) is 9.54. The smallest absolute Gasteiger partial charge is 0.0264 e. The molecule has 0 radical (unpaired) electrons. The van der Waals surface area contributed by atoms with Gasteiger partial charge in [0.2, 0.25) is 0 Å². The van der Waals surface area contributed by atoms with E-state index >= 15 is 0 Å². The van der Waals surface area contributed by atoms with Gasteiger partial charge in [-0.25, -0.2) is 0 Å². The summed E-state index contributed by atoms with van der Waals surface area (Å²) in [6, 6.07) is 0. The zero-order chi connectivity index (χ0) is 6.41. The molecule has 0 aliphatic rings. The Balaban J connectivity index is 3.85. The van der Waals surface area contributed by atoms with Crippen molar-refractivity contribution in [2.75, 3.05) is 7.05 Å². The lowest BCUT2D eigenvalue weighted by Gasteiger charge is -1.88. The number of allylic oxidation sites excluding steroid dienone is 2. The Hall–Kier alpha value is -1.05. The van der Waals surface area contributed by atoms with E-state index in [1.165, 1.54) is 6.21 Å². The van der Waals surface area contributed by atoms with Gasteiger partial charge in [-0.15, -0.1) is 0 Å². The first-order valence-corrected chi connectivity index (χ1v) is 2.35. The van der Waals surface area contributed by atoms with Crippen LogP contribution in [0.15, 0.2) is 24.4 Å². The van der Waals surface area contributed by atoms with E-state index in [1.54, 1.807) is 19.3 Å². The molecule has 0 aromatic rings. The van der Waals surface area contributed by atoms with Gasteiger partial charge in [-0.1, -0.05) is 12.7 Å². The van der Waals surface area contributed by atoms with Crippen molar-refractivity contribution in [2.24, 2.45) is 0 Å². The van der Waals surface area contributed by atoms with Crippen LogP contribution < -0.4 is 5.32 Å². The molecule has 0 atom stereocenters. The number of nitrogens with one attached hydrogen (secondary N) is 2. The predicted molar refractivity (Wildman–Crippen MR) is 36.1 cm³/mol. The summed E-state index contributed by atoms with van der Waals surface area (Å²) in [5.41, 5.74) is 0.785. The molecule has 0 aromatic carbocycles. The van der Waals surface area contributed by atoms with Gasteiger partial charge in [0.05, 0.1) is 0 Å². The second kappa shape index (κ2) is 4.12. The lowest BCUT2D eigenvalue weighted by atomic mass is 10.3. The van der Waals surface area contributed by atoms with Crippen molar-refractivity contribution < 1.29 is 0 Å². The molecule has 44 valence electrons. The van der Waals surface area contributed by atoms with Crippen LogP contribution in [-0.4, -0.2) is 13.3 Å². The Morgan fingerprint density at radius 3 is 2.50 bits per heavy atom. The Kier molecular flexibility index (Phi) is 3.58. The van der Waals surface area contributed by atoms with E-state index in [2.05, 4.69) is 11.9 Å². The molecule has 0 aliphatic carbocycles. The first kappa shape index (κ1) is 6.95. The minimum atomic E-state index is 0.785. The molecule has 0 aliphatic heterocycles. The van der Waals surface area contributed by atoms with Crippen LogP contribution in [0.4, 0.5) is 0 Å². The molecule has 0 rings (SSSR count). The average Bonchev–Trinajstić information content (AvgIpc) is 1.83. The molecule has 0 unspecified atom stereocenters. The summed E-state index contributed by atoms with van der Waals surface area (Å²) < 4.78 is 0. The lowest BCUT2D eigenvalue weighted by molar-refractivity contribution is 1.10. The van der Waals surface area contributed by atoms with E-state index < -0.39 is 0 Å². The molecule has 0 heterocycles. The van der Waals surface area contributed by atoms with Gasteiger partial charge in [0.1, 0.15) is 0 Å². The van der Waals surface area contributed by atoms with Crippen LogP contribution >= 0.6 is 0 Å². The monoisotopic (exact) mass is 110 g/mol. The number of hydrogen-bond donors (Lipinski definition) is 2. The first-order chi connectivity index (χ1) is 3.85. The van der Waals surface area contributed by atoms with Gasteiger partial charge in [0, 0.05) is 25.0 Å². The fourth-order valence-electron chi connectivity index (χ4n) is 0.326. The quantitative estimate of drug-likeness (QED) is 0.411. The van der Waals surface area contributed by atoms with Gasteiger partial charge >= 0.3 is 0 Å². The summed E-state index contributed by atoms with van der Waals surface area (Å²) >= 11 is 0. The van der Waals surface area contributed by atoms with E-state index in [9.17, 15) is 0 Å². The summed E-state index contributed by atoms with van der Waals surface area (Å²) in [5.74, 6) is 0. The second-order valence-corrected chi connectivity index (χ2v) is 1.28. The fourth-order valence-corrected chi connectivity index (χ4v) is 0.326. The standard InChI is InChI=1S/C6H10N2/c1-3-6(4-7)5-8-2/h3-5,7-8H,1H2,2H3/b6-5-,7-4?. The minimum absolute atomic E-state index is 0.785. The fraction of sp³-hybridized carbons (Fsp3) is 0.167. The van der Waals surface area contributed by atoms with E-state index in [-0.39, 0.29) is 0 Å². The topological polar surface area (TPSA) is 35.9 Å². The van der Waals surface area contributed by atoms with E-state index in [4.69, 9.17) is 5.41 Å². The Labute approximate surface area is 49.4 Å². The van der Waals surface area contributed by atoms with Gasteiger partial charge in [-0.05, 0) is 0 Å². The number of rotatable bonds is 3. The summed E-state index contributed by atoms with van der Waals surface area (Å²) in [6.45, 7) is 3.49. The van der Waals surface area contributed by atoms with Gasteiger partial charge in [0.25, 0.3) is 0 Å². The van der Waals surface area contributed by atoms with Crippen molar-refractivity contribution in [2.45, 2.75) is 0 Å². The maximum absolute atomic E-state index is 6.76. The largest absolute Gasteiger partial charge is 0.393 e. The molecule has 0 saturated carbocycles.